The summed E-state index contributed by atoms with van der Waals surface area (Å²) < 4.78 is 24.7. The third-order valence-electron chi connectivity index (χ3n) is 3.40. The van der Waals surface area contributed by atoms with Crippen molar-refractivity contribution in [3.8, 4) is 0 Å². The summed E-state index contributed by atoms with van der Waals surface area (Å²) in [5, 5.41) is 0. The van der Waals surface area contributed by atoms with Gasteiger partial charge < -0.3 is 9.47 Å². The number of nitrogens with zero attached hydrogens (tertiary/aromatic N) is 2. The second-order valence-corrected chi connectivity index (χ2v) is 6.96. The van der Waals surface area contributed by atoms with Gasteiger partial charge in [-0.25, -0.2) is 8.42 Å². The van der Waals surface area contributed by atoms with E-state index in [9.17, 15) is 13.2 Å². The van der Waals surface area contributed by atoms with Crippen molar-refractivity contribution >= 4 is 15.7 Å². The van der Waals surface area contributed by atoms with Crippen molar-refractivity contribution in [2.45, 2.75) is 25.4 Å². The minimum atomic E-state index is -2.93. The second kappa shape index (κ2) is 5.14. The summed E-state index contributed by atoms with van der Waals surface area (Å²) in [7, 11) is -1.23. The molecular weight excluding hydrogens is 252 g/mol. The predicted molar refractivity (Wildman–Crippen MR) is 68.9 cm³/mol. The minimum absolute atomic E-state index is 0.00537. The maximum Gasteiger partial charge on any atom is 0.224 e. The molecule has 0 bridgehead atoms. The first kappa shape index (κ1) is 13.1. The highest BCUT2D eigenvalue weighted by Crippen LogP contribution is 2.17. The third kappa shape index (κ3) is 3.13. The molecule has 5 nitrogen and oxygen atoms in total. The van der Waals surface area contributed by atoms with Crippen LogP contribution in [0, 0.1) is 0 Å². The molecule has 1 aromatic heterocycles. The molecule has 100 valence electrons. The lowest BCUT2D eigenvalue weighted by Gasteiger charge is -2.23. The fraction of sp³-hybridized carbons (Fsp3) is 0.583. The Hall–Kier alpha value is -1.30. The van der Waals surface area contributed by atoms with Crippen molar-refractivity contribution in [1.82, 2.24) is 9.47 Å². The molecule has 0 aromatic carbocycles. The van der Waals surface area contributed by atoms with E-state index in [0.717, 1.165) is 0 Å². The van der Waals surface area contributed by atoms with Gasteiger partial charge in [-0.1, -0.05) is 0 Å². The first-order chi connectivity index (χ1) is 8.48. The number of sulfone groups is 1. The van der Waals surface area contributed by atoms with E-state index in [1.165, 1.54) is 0 Å². The molecule has 2 rings (SSSR count). The van der Waals surface area contributed by atoms with Gasteiger partial charge in [0.05, 0.1) is 11.5 Å². The van der Waals surface area contributed by atoms with Crippen molar-refractivity contribution in [3.05, 3.63) is 24.5 Å². The summed E-state index contributed by atoms with van der Waals surface area (Å²) in [6.07, 6.45) is 4.79. The largest absolute Gasteiger partial charge is 0.354 e. The maximum atomic E-state index is 12.0. The van der Waals surface area contributed by atoms with Gasteiger partial charge >= 0.3 is 0 Å². The zero-order valence-corrected chi connectivity index (χ0v) is 11.3. The van der Waals surface area contributed by atoms with E-state index in [1.807, 2.05) is 29.1 Å². The summed E-state index contributed by atoms with van der Waals surface area (Å²) in [6, 6.07) is 3.68. The summed E-state index contributed by atoms with van der Waals surface area (Å²) in [5.74, 6) is 0.317. The van der Waals surface area contributed by atoms with Gasteiger partial charge in [0.1, 0.15) is 0 Å². The van der Waals surface area contributed by atoms with Gasteiger partial charge in [0, 0.05) is 38.4 Å². The zero-order valence-electron chi connectivity index (χ0n) is 10.4. The summed E-state index contributed by atoms with van der Waals surface area (Å²) >= 11 is 0. The van der Waals surface area contributed by atoms with Gasteiger partial charge in [-0.2, -0.15) is 0 Å². The summed E-state index contributed by atoms with van der Waals surface area (Å²) in [4.78, 5) is 13.5. The molecule has 6 heteroatoms. The lowest BCUT2D eigenvalue weighted by molar-refractivity contribution is -0.131. The first-order valence-electron chi connectivity index (χ1n) is 6.05. The zero-order chi connectivity index (χ0) is 13.2. The third-order valence-corrected chi connectivity index (χ3v) is 5.15. The molecule has 1 amide bonds. The van der Waals surface area contributed by atoms with Crippen LogP contribution >= 0.6 is 0 Å². The standard InChI is InChI=1S/C12H18N2O3S/c1-13(11-5-9-18(16,17)10-11)12(15)4-8-14-6-2-3-7-14/h2-3,6-7,11H,4-5,8-10H2,1H3. The van der Waals surface area contributed by atoms with Crippen LogP contribution < -0.4 is 0 Å². The molecular formula is C12H18N2O3S. The van der Waals surface area contributed by atoms with Crippen molar-refractivity contribution in [1.29, 1.82) is 0 Å². The lowest BCUT2D eigenvalue weighted by Crippen LogP contribution is -2.38. The highest BCUT2D eigenvalue weighted by atomic mass is 32.2. The van der Waals surface area contributed by atoms with Crippen LogP contribution in [0.15, 0.2) is 24.5 Å². The molecule has 0 aliphatic carbocycles. The molecule has 1 fully saturated rings. The van der Waals surface area contributed by atoms with Crippen molar-refractivity contribution in [3.63, 3.8) is 0 Å². The number of carbonyl (C=O) groups is 1. The van der Waals surface area contributed by atoms with Crippen LogP contribution in [-0.4, -0.2) is 48.4 Å². The average Bonchev–Trinajstić information content (AvgIpc) is 2.94. The Morgan fingerprint density at radius 2 is 2.06 bits per heavy atom. The molecule has 0 saturated carbocycles. The van der Waals surface area contributed by atoms with E-state index in [0.29, 0.717) is 19.4 Å². The van der Waals surface area contributed by atoms with Crippen molar-refractivity contribution in [2.24, 2.45) is 0 Å². The number of rotatable bonds is 4. The molecule has 1 aliphatic rings. The normalized spacial score (nSPS) is 21.9. The van der Waals surface area contributed by atoms with Crippen LogP contribution in [0.25, 0.3) is 0 Å². The molecule has 18 heavy (non-hydrogen) atoms. The van der Waals surface area contributed by atoms with E-state index >= 15 is 0 Å². The molecule has 0 spiro atoms. The predicted octanol–water partition coefficient (Wildman–Crippen LogP) is 0.524. The highest BCUT2D eigenvalue weighted by molar-refractivity contribution is 7.91. The smallest absolute Gasteiger partial charge is 0.224 e. The molecule has 0 N–H and O–H groups in total. The summed E-state index contributed by atoms with van der Waals surface area (Å²) in [5.41, 5.74) is 0. The van der Waals surface area contributed by atoms with Crippen LogP contribution in [0.5, 0.6) is 0 Å². The van der Waals surface area contributed by atoms with Gasteiger partial charge in [0.15, 0.2) is 9.84 Å². The molecule has 1 atom stereocenters. The number of carbonyl (C=O) groups excluding carboxylic acids is 1. The SMILES string of the molecule is CN(C(=O)CCn1cccc1)C1CCS(=O)(=O)C1. The number of hydrogen-bond donors (Lipinski definition) is 0. The highest BCUT2D eigenvalue weighted by Gasteiger charge is 2.32. The fourth-order valence-electron chi connectivity index (χ4n) is 2.20. The van der Waals surface area contributed by atoms with Crippen LogP contribution in [-0.2, 0) is 21.2 Å². The van der Waals surface area contributed by atoms with Gasteiger partial charge in [-0.3, -0.25) is 4.79 Å². The van der Waals surface area contributed by atoms with Crippen LogP contribution in [0.1, 0.15) is 12.8 Å². The van der Waals surface area contributed by atoms with Gasteiger partial charge in [0.2, 0.25) is 5.91 Å². The Morgan fingerprint density at radius 3 is 2.61 bits per heavy atom. The number of aromatic nitrogens is 1. The van der Waals surface area contributed by atoms with Crippen LogP contribution in [0.4, 0.5) is 0 Å². The maximum absolute atomic E-state index is 12.0. The van der Waals surface area contributed by atoms with Gasteiger partial charge in [0.25, 0.3) is 0 Å². The van der Waals surface area contributed by atoms with E-state index in [2.05, 4.69) is 0 Å². The van der Waals surface area contributed by atoms with Crippen LogP contribution in [0.2, 0.25) is 0 Å². The van der Waals surface area contributed by atoms with E-state index in [-0.39, 0.29) is 23.5 Å². The second-order valence-electron chi connectivity index (χ2n) is 4.73. The minimum Gasteiger partial charge on any atom is -0.354 e. The Kier molecular flexibility index (Phi) is 3.75. The Labute approximate surface area is 107 Å². The van der Waals surface area contributed by atoms with Crippen molar-refractivity contribution in [2.75, 3.05) is 18.6 Å². The van der Waals surface area contributed by atoms with Crippen molar-refractivity contribution < 1.29 is 13.2 Å². The topological polar surface area (TPSA) is 59.4 Å². The van der Waals surface area contributed by atoms with Gasteiger partial charge in [-0.15, -0.1) is 0 Å². The molecule has 1 aromatic rings. The molecule has 2 heterocycles. The summed E-state index contributed by atoms with van der Waals surface area (Å²) in [6.45, 7) is 0.635. The molecule has 1 aliphatic heterocycles. The quantitative estimate of drug-likeness (QED) is 0.801. The Bertz CT molecular complexity index is 507. The Balaban J connectivity index is 1.85. The van der Waals surface area contributed by atoms with Crippen LogP contribution in [0.3, 0.4) is 0 Å². The lowest BCUT2D eigenvalue weighted by atomic mass is 10.2. The molecule has 1 unspecified atom stereocenters. The Morgan fingerprint density at radius 1 is 1.39 bits per heavy atom. The van der Waals surface area contributed by atoms with Gasteiger partial charge in [-0.05, 0) is 18.6 Å². The first-order valence-corrected chi connectivity index (χ1v) is 7.87. The monoisotopic (exact) mass is 270 g/mol. The van der Waals surface area contributed by atoms with E-state index in [4.69, 9.17) is 0 Å². The molecule has 0 radical (unpaired) electrons. The molecule has 1 saturated heterocycles. The number of amides is 1. The number of hydrogen-bond acceptors (Lipinski definition) is 3. The number of aryl methyl sites for hydroxylation is 1. The van der Waals surface area contributed by atoms with E-state index < -0.39 is 9.84 Å². The van der Waals surface area contributed by atoms with E-state index in [1.54, 1.807) is 11.9 Å². The average molecular weight is 270 g/mol. The fourth-order valence-corrected chi connectivity index (χ4v) is 3.98.